The molecule has 1 aliphatic carbocycles. The number of nitrogens with zero attached hydrogens (tertiary/aromatic N) is 1. The highest BCUT2D eigenvalue weighted by atomic mass is 32.2. The summed E-state index contributed by atoms with van der Waals surface area (Å²) >= 11 is 0. The van der Waals surface area contributed by atoms with Crippen molar-refractivity contribution in [3.05, 3.63) is 0 Å². The fourth-order valence-electron chi connectivity index (χ4n) is 2.20. The van der Waals surface area contributed by atoms with Crippen LogP contribution >= 0.6 is 0 Å². The van der Waals surface area contributed by atoms with Crippen molar-refractivity contribution in [3.8, 4) is 0 Å². The second-order valence-electron chi connectivity index (χ2n) is 5.35. The molecule has 0 aromatic heterocycles. The van der Waals surface area contributed by atoms with Crippen LogP contribution in [0.1, 0.15) is 39.5 Å². The number of hydrogen-bond acceptors (Lipinski definition) is 3. The monoisotopic (exact) mass is 261 g/mol. The van der Waals surface area contributed by atoms with E-state index in [1.54, 1.807) is 4.31 Å². The highest BCUT2D eigenvalue weighted by molar-refractivity contribution is 7.87. The Labute approximate surface area is 104 Å². The molecule has 0 aromatic rings. The Balaban J connectivity index is 1.99. The third-order valence-corrected chi connectivity index (χ3v) is 5.16. The summed E-state index contributed by atoms with van der Waals surface area (Å²) in [5.41, 5.74) is 0. The van der Waals surface area contributed by atoms with Crippen molar-refractivity contribution >= 4 is 10.2 Å². The zero-order valence-corrected chi connectivity index (χ0v) is 11.5. The quantitative estimate of drug-likeness (QED) is 0.729. The number of hydrogen-bond donors (Lipinski definition) is 2. The van der Waals surface area contributed by atoms with Crippen LogP contribution in [0.5, 0.6) is 0 Å². The molecular formula is C11H23N3O2S. The van der Waals surface area contributed by atoms with Gasteiger partial charge in [-0.1, -0.05) is 0 Å². The first-order valence-electron chi connectivity index (χ1n) is 6.51. The first kappa shape index (κ1) is 13.3. The summed E-state index contributed by atoms with van der Waals surface area (Å²) < 4.78 is 28.7. The van der Waals surface area contributed by atoms with Crippen molar-refractivity contribution in [1.82, 2.24) is 14.3 Å². The van der Waals surface area contributed by atoms with Gasteiger partial charge in [0.1, 0.15) is 0 Å². The molecule has 0 bridgehead atoms. The van der Waals surface area contributed by atoms with Gasteiger partial charge in [-0.15, -0.1) is 0 Å². The van der Waals surface area contributed by atoms with Crippen molar-refractivity contribution < 1.29 is 8.42 Å². The SMILES string of the molecule is CC(C)N(CC1CCCN1)S(=O)(=O)NC1CC1. The molecule has 1 aliphatic heterocycles. The Hall–Kier alpha value is -0.170. The minimum absolute atomic E-state index is 0.00801. The normalized spacial score (nSPS) is 26.0. The maximum absolute atomic E-state index is 12.2. The zero-order valence-electron chi connectivity index (χ0n) is 10.6. The van der Waals surface area contributed by atoms with Crippen molar-refractivity contribution in [3.63, 3.8) is 0 Å². The topological polar surface area (TPSA) is 61.4 Å². The van der Waals surface area contributed by atoms with Crippen molar-refractivity contribution in [2.75, 3.05) is 13.1 Å². The third-order valence-electron chi connectivity index (χ3n) is 3.34. The molecule has 1 atom stereocenters. The van der Waals surface area contributed by atoms with Gasteiger partial charge in [0.25, 0.3) is 10.2 Å². The summed E-state index contributed by atoms with van der Waals surface area (Å²) in [6.45, 7) is 5.45. The Morgan fingerprint density at radius 1 is 1.35 bits per heavy atom. The van der Waals surface area contributed by atoms with E-state index in [4.69, 9.17) is 0 Å². The second-order valence-corrected chi connectivity index (χ2v) is 7.01. The van der Waals surface area contributed by atoms with E-state index < -0.39 is 10.2 Å². The summed E-state index contributed by atoms with van der Waals surface area (Å²) in [6.07, 6.45) is 4.18. The second kappa shape index (κ2) is 5.22. The Morgan fingerprint density at radius 3 is 2.53 bits per heavy atom. The van der Waals surface area contributed by atoms with Gasteiger partial charge in [-0.05, 0) is 46.1 Å². The standard InChI is InChI=1S/C11H23N3O2S/c1-9(2)14(8-11-4-3-7-12-11)17(15,16)13-10-5-6-10/h9-13H,3-8H2,1-2H3. The van der Waals surface area contributed by atoms with E-state index in [0.717, 1.165) is 32.2 Å². The van der Waals surface area contributed by atoms with Gasteiger partial charge in [0.05, 0.1) is 0 Å². The molecule has 0 aromatic carbocycles. The lowest BCUT2D eigenvalue weighted by molar-refractivity contribution is 0.318. The first-order chi connectivity index (χ1) is 7.99. The molecule has 0 spiro atoms. The third kappa shape index (κ3) is 3.64. The summed E-state index contributed by atoms with van der Waals surface area (Å²) in [4.78, 5) is 0. The summed E-state index contributed by atoms with van der Waals surface area (Å²) in [5.74, 6) is 0. The highest BCUT2D eigenvalue weighted by Gasteiger charge is 2.33. The predicted molar refractivity (Wildman–Crippen MR) is 67.9 cm³/mol. The average molecular weight is 261 g/mol. The molecule has 2 aliphatic rings. The van der Waals surface area contributed by atoms with E-state index in [-0.39, 0.29) is 12.1 Å². The van der Waals surface area contributed by atoms with E-state index in [9.17, 15) is 8.42 Å². The van der Waals surface area contributed by atoms with E-state index in [0.29, 0.717) is 12.6 Å². The summed E-state index contributed by atoms with van der Waals surface area (Å²) in [7, 11) is -3.30. The Bertz CT molecular complexity index is 346. The van der Waals surface area contributed by atoms with Gasteiger partial charge in [0.2, 0.25) is 0 Å². The highest BCUT2D eigenvalue weighted by Crippen LogP contribution is 2.21. The fraction of sp³-hybridized carbons (Fsp3) is 1.00. The molecule has 1 unspecified atom stereocenters. The smallest absolute Gasteiger partial charge is 0.279 e. The van der Waals surface area contributed by atoms with Crippen molar-refractivity contribution in [1.29, 1.82) is 0 Å². The molecule has 1 saturated carbocycles. The molecule has 2 N–H and O–H groups in total. The van der Waals surface area contributed by atoms with Crippen LogP contribution in [0.3, 0.4) is 0 Å². The lowest BCUT2D eigenvalue weighted by atomic mass is 10.2. The molecule has 0 radical (unpaired) electrons. The van der Waals surface area contributed by atoms with E-state index >= 15 is 0 Å². The summed E-state index contributed by atoms with van der Waals surface area (Å²) in [5, 5.41) is 3.35. The lowest BCUT2D eigenvalue weighted by Gasteiger charge is -2.28. The predicted octanol–water partition coefficient (Wildman–Crippen LogP) is 0.446. The molecule has 0 amide bonds. The molecule has 6 heteroatoms. The van der Waals surface area contributed by atoms with Gasteiger partial charge in [-0.2, -0.15) is 17.4 Å². The fourth-order valence-corrected chi connectivity index (χ4v) is 3.92. The zero-order chi connectivity index (χ0) is 12.5. The molecular weight excluding hydrogens is 238 g/mol. The Morgan fingerprint density at radius 2 is 2.06 bits per heavy atom. The van der Waals surface area contributed by atoms with Gasteiger partial charge < -0.3 is 5.32 Å². The van der Waals surface area contributed by atoms with Crippen molar-refractivity contribution in [2.24, 2.45) is 0 Å². The van der Waals surface area contributed by atoms with Crippen LogP contribution in [0.25, 0.3) is 0 Å². The number of rotatable bonds is 6. The van der Waals surface area contributed by atoms with Gasteiger partial charge in [0, 0.05) is 24.7 Å². The number of nitrogens with one attached hydrogen (secondary N) is 2. The maximum Gasteiger partial charge on any atom is 0.279 e. The minimum Gasteiger partial charge on any atom is -0.313 e. The van der Waals surface area contributed by atoms with Gasteiger partial charge in [-0.3, -0.25) is 0 Å². The van der Waals surface area contributed by atoms with Gasteiger partial charge in [0.15, 0.2) is 0 Å². The Kier molecular flexibility index (Phi) is 4.07. The van der Waals surface area contributed by atoms with E-state index in [1.165, 1.54) is 0 Å². The largest absolute Gasteiger partial charge is 0.313 e. The van der Waals surface area contributed by atoms with Gasteiger partial charge >= 0.3 is 0 Å². The van der Waals surface area contributed by atoms with Crippen LogP contribution in [0, 0.1) is 0 Å². The average Bonchev–Trinajstić information content (AvgIpc) is 2.88. The summed E-state index contributed by atoms with van der Waals surface area (Å²) in [6, 6.07) is 0.500. The van der Waals surface area contributed by atoms with Crippen LogP contribution in [-0.4, -0.2) is 43.9 Å². The molecule has 2 rings (SSSR count). The van der Waals surface area contributed by atoms with E-state index in [2.05, 4.69) is 10.0 Å². The van der Waals surface area contributed by atoms with Gasteiger partial charge in [-0.25, -0.2) is 0 Å². The molecule has 5 nitrogen and oxygen atoms in total. The van der Waals surface area contributed by atoms with Crippen LogP contribution < -0.4 is 10.0 Å². The first-order valence-corrected chi connectivity index (χ1v) is 7.95. The van der Waals surface area contributed by atoms with Crippen LogP contribution in [0.4, 0.5) is 0 Å². The minimum atomic E-state index is -3.30. The maximum atomic E-state index is 12.2. The molecule has 100 valence electrons. The molecule has 1 heterocycles. The molecule has 2 fully saturated rings. The van der Waals surface area contributed by atoms with E-state index in [1.807, 2.05) is 13.8 Å². The lowest BCUT2D eigenvalue weighted by Crippen LogP contribution is -2.49. The van der Waals surface area contributed by atoms with Crippen molar-refractivity contribution in [2.45, 2.75) is 57.7 Å². The molecule has 1 saturated heterocycles. The molecule has 17 heavy (non-hydrogen) atoms. The van der Waals surface area contributed by atoms with Crippen LogP contribution in [-0.2, 0) is 10.2 Å². The van der Waals surface area contributed by atoms with Crippen LogP contribution in [0.2, 0.25) is 0 Å². The van der Waals surface area contributed by atoms with Crippen LogP contribution in [0.15, 0.2) is 0 Å².